The lowest BCUT2D eigenvalue weighted by atomic mass is 10.1. The number of nitrogens with zero attached hydrogens (tertiary/aromatic N) is 2. The third-order valence-electron chi connectivity index (χ3n) is 5.51. The highest BCUT2D eigenvalue weighted by molar-refractivity contribution is 6.04. The summed E-state index contributed by atoms with van der Waals surface area (Å²) in [6, 6.07) is 13.0. The van der Waals surface area contributed by atoms with E-state index in [9.17, 15) is 9.59 Å². The molecule has 2 N–H and O–H groups in total. The SMILES string of the molecule is CCN(CC)C(=O)c1cc(NC(=O)Nc2cccc(C)c2)ccc1N1CCCCC1. The predicted octanol–water partition coefficient (Wildman–Crippen LogP) is 5.11. The second-order valence-corrected chi connectivity index (χ2v) is 7.71. The number of hydrogen-bond donors (Lipinski definition) is 2. The third-order valence-corrected chi connectivity index (χ3v) is 5.51. The topological polar surface area (TPSA) is 64.7 Å². The van der Waals surface area contributed by atoms with Crippen LogP contribution in [0.5, 0.6) is 0 Å². The molecule has 0 radical (unpaired) electrons. The van der Waals surface area contributed by atoms with Crippen LogP contribution >= 0.6 is 0 Å². The minimum atomic E-state index is -0.326. The molecule has 1 saturated heterocycles. The van der Waals surface area contributed by atoms with Gasteiger partial charge in [-0.15, -0.1) is 0 Å². The van der Waals surface area contributed by atoms with Crippen LogP contribution in [-0.2, 0) is 0 Å². The average molecular weight is 409 g/mol. The second-order valence-electron chi connectivity index (χ2n) is 7.71. The Morgan fingerprint density at radius 3 is 2.23 bits per heavy atom. The van der Waals surface area contributed by atoms with Gasteiger partial charge in [-0.3, -0.25) is 4.79 Å². The van der Waals surface area contributed by atoms with Gasteiger partial charge in [0.25, 0.3) is 5.91 Å². The van der Waals surface area contributed by atoms with Gasteiger partial charge in [0.2, 0.25) is 0 Å². The summed E-state index contributed by atoms with van der Waals surface area (Å²) in [5.41, 5.74) is 4.02. The number of aryl methyl sites for hydroxylation is 1. The van der Waals surface area contributed by atoms with Gasteiger partial charge in [-0.2, -0.15) is 0 Å². The van der Waals surface area contributed by atoms with E-state index >= 15 is 0 Å². The molecule has 0 aliphatic carbocycles. The van der Waals surface area contributed by atoms with Crippen molar-refractivity contribution in [3.63, 3.8) is 0 Å². The Morgan fingerprint density at radius 2 is 1.60 bits per heavy atom. The molecule has 1 heterocycles. The number of benzene rings is 2. The predicted molar refractivity (Wildman–Crippen MR) is 124 cm³/mol. The molecule has 3 amide bonds. The first-order valence-corrected chi connectivity index (χ1v) is 10.8. The standard InChI is InChI=1S/C24H32N4O2/c1-4-27(5-2)23(29)21-17-20(12-13-22(21)28-14-7-6-8-15-28)26-24(30)25-19-11-9-10-18(3)16-19/h9-13,16-17H,4-8,14-15H2,1-3H3,(H2,25,26,30). The number of rotatable bonds is 6. The van der Waals surface area contributed by atoms with Crippen LogP contribution in [0.1, 0.15) is 49.0 Å². The van der Waals surface area contributed by atoms with E-state index in [1.807, 2.05) is 62.1 Å². The number of urea groups is 1. The average Bonchev–Trinajstić information content (AvgIpc) is 2.75. The lowest BCUT2D eigenvalue weighted by molar-refractivity contribution is 0.0773. The summed E-state index contributed by atoms with van der Waals surface area (Å²) in [7, 11) is 0. The molecular weight excluding hydrogens is 376 g/mol. The monoisotopic (exact) mass is 408 g/mol. The Hall–Kier alpha value is -3.02. The Balaban J connectivity index is 1.83. The number of amides is 3. The van der Waals surface area contributed by atoms with Crippen LogP contribution < -0.4 is 15.5 Å². The maximum Gasteiger partial charge on any atom is 0.323 e. The van der Waals surface area contributed by atoms with Crippen molar-refractivity contribution in [2.24, 2.45) is 0 Å². The fraction of sp³-hybridized carbons (Fsp3) is 0.417. The van der Waals surface area contributed by atoms with E-state index in [0.29, 0.717) is 24.3 Å². The first kappa shape index (κ1) is 21.7. The highest BCUT2D eigenvalue weighted by Gasteiger charge is 2.22. The van der Waals surface area contributed by atoms with E-state index in [0.717, 1.165) is 42.9 Å². The number of anilines is 3. The summed E-state index contributed by atoms with van der Waals surface area (Å²) >= 11 is 0. The smallest absolute Gasteiger partial charge is 0.323 e. The largest absolute Gasteiger partial charge is 0.371 e. The Kier molecular flexibility index (Phi) is 7.33. The van der Waals surface area contributed by atoms with Crippen molar-refractivity contribution in [3.05, 3.63) is 53.6 Å². The van der Waals surface area contributed by atoms with Crippen LogP contribution in [0.4, 0.5) is 21.9 Å². The third kappa shape index (κ3) is 5.32. The summed E-state index contributed by atoms with van der Waals surface area (Å²) < 4.78 is 0. The first-order valence-electron chi connectivity index (χ1n) is 10.8. The zero-order chi connectivity index (χ0) is 21.5. The van der Waals surface area contributed by atoms with E-state index in [-0.39, 0.29) is 11.9 Å². The molecule has 6 nitrogen and oxygen atoms in total. The quantitative estimate of drug-likeness (QED) is 0.698. The number of nitrogens with one attached hydrogen (secondary N) is 2. The summed E-state index contributed by atoms with van der Waals surface area (Å²) in [6.07, 6.45) is 3.50. The Morgan fingerprint density at radius 1 is 0.933 bits per heavy atom. The van der Waals surface area contributed by atoms with Crippen molar-refractivity contribution < 1.29 is 9.59 Å². The summed E-state index contributed by atoms with van der Waals surface area (Å²) in [5, 5.41) is 5.72. The normalized spacial score (nSPS) is 13.6. The molecule has 0 bridgehead atoms. The molecule has 6 heteroatoms. The molecule has 160 valence electrons. The van der Waals surface area contributed by atoms with Crippen LogP contribution in [0.25, 0.3) is 0 Å². The molecule has 0 unspecified atom stereocenters. The van der Waals surface area contributed by atoms with Gasteiger partial charge in [-0.1, -0.05) is 12.1 Å². The number of carbonyl (C=O) groups is 2. The van der Waals surface area contributed by atoms with Gasteiger partial charge >= 0.3 is 6.03 Å². The van der Waals surface area contributed by atoms with Crippen molar-refractivity contribution in [2.75, 3.05) is 41.7 Å². The molecule has 0 saturated carbocycles. The summed E-state index contributed by atoms with van der Waals surface area (Å²) in [6.45, 7) is 9.17. The second kappa shape index (κ2) is 10.1. The number of hydrogen-bond acceptors (Lipinski definition) is 3. The summed E-state index contributed by atoms with van der Waals surface area (Å²) in [4.78, 5) is 29.8. The highest BCUT2D eigenvalue weighted by Crippen LogP contribution is 2.28. The minimum Gasteiger partial charge on any atom is -0.371 e. The molecule has 0 spiro atoms. The Bertz CT molecular complexity index is 887. The van der Waals surface area contributed by atoms with Gasteiger partial charge in [0, 0.05) is 43.2 Å². The van der Waals surface area contributed by atoms with E-state index in [1.54, 1.807) is 6.07 Å². The van der Waals surface area contributed by atoms with E-state index < -0.39 is 0 Å². The van der Waals surface area contributed by atoms with Gasteiger partial charge in [0.15, 0.2) is 0 Å². The maximum absolute atomic E-state index is 13.2. The van der Waals surface area contributed by atoms with E-state index in [1.165, 1.54) is 6.42 Å². The van der Waals surface area contributed by atoms with E-state index in [2.05, 4.69) is 15.5 Å². The fourth-order valence-electron chi connectivity index (χ4n) is 3.89. The molecule has 0 atom stereocenters. The lowest BCUT2D eigenvalue weighted by Crippen LogP contribution is -2.35. The van der Waals surface area contributed by atoms with E-state index in [4.69, 9.17) is 0 Å². The zero-order valence-electron chi connectivity index (χ0n) is 18.2. The van der Waals surface area contributed by atoms with Crippen molar-refractivity contribution in [3.8, 4) is 0 Å². The van der Waals surface area contributed by atoms with Crippen molar-refractivity contribution >= 4 is 29.0 Å². The van der Waals surface area contributed by atoms with Gasteiger partial charge in [0.1, 0.15) is 0 Å². The van der Waals surface area contributed by atoms with Crippen LogP contribution in [0, 0.1) is 6.92 Å². The molecule has 30 heavy (non-hydrogen) atoms. The lowest BCUT2D eigenvalue weighted by Gasteiger charge is -2.31. The molecule has 0 aromatic heterocycles. The summed E-state index contributed by atoms with van der Waals surface area (Å²) in [5.74, 6) is 0.00307. The molecule has 1 aliphatic heterocycles. The van der Waals surface area contributed by atoms with Crippen LogP contribution in [-0.4, -0.2) is 43.0 Å². The fourth-order valence-corrected chi connectivity index (χ4v) is 3.89. The van der Waals surface area contributed by atoms with Crippen LogP contribution in [0.3, 0.4) is 0 Å². The Labute approximate surface area is 179 Å². The zero-order valence-corrected chi connectivity index (χ0v) is 18.2. The highest BCUT2D eigenvalue weighted by atomic mass is 16.2. The molecule has 2 aromatic carbocycles. The van der Waals surface area contributed by atoms with Crippen LogP contribution in [0.15, 0.2) is 42.5 Å². The van der Waals surface area contributed by atoms with Gasteiger partial charge < -0.3 is 20.4 Å². The molecule has 1 aliphatic rings. The maximum atomic E-state index is 13.2. The van der Waals surface area contributed by atoms with Gasteiger partial charge in [-0.05, 0) is 75.9 Å². The minimum absolute atomic E-state index is 0.00307. The number of carbonyl (C=O) groups excluding carboxylic acids is 2. The molecule has 1 fully saturated rings. The first-order chi connectivity index (χ1) is 14.5. The van der Waals surface area contributed by atoms with Gasteiger partial charge in [-0.25, -0.2) is 4.79 Å². The van der Waals surface area contributed by atoms with Crippen molar-refractivity contribution in [1.82, 2.24) is 4.90 Å². The van der Waals surface area contributed by atoms with Crippen LogP contribution in [0.2, 0.25) is 0 Å². The van der Waals surface area contributed by atoms with Crippen molar-refractivity contribution in [1.29, 1.82) is 0 Å². The van der Waals surface area contributed by atoms with Crippen molar-refractivity contribution in [2.45, 2.75) is 40.0 Å². The molecule has 3 rings (SSSR count). The number of piperidine rings is 1. The molecular formula is C24H32N4O2. The van der Waals surface area contributed by atoms with Gasteiger partial charge in [0.05, 0.1) is 5.56 Å². The molecule has 2 aromatic rings.